The van der Waals surface area contributed by atoms with Crippen molar-refractivity contribution in [2.24, 2.45) is 0 Å². The SMILES string of the molecule is CCC(c1ccccc1)c1ccc(CCC(=O)O)cc1. The average molecular weight is 268 g/mol. The van der Waals surface area contributed by atoms with E-state index in [1.165, 1.54) is 11.1 Å². The molecule has 0 spiro atoms. The number of carbonyl (C=O) groups is 1. The molecule has 2 heteroatoms. The molecule has 2 nitrogen and oxygen atoms in total. The van der Waals surface area contributed by atoms with E-state index >= 15 is 0 Å². The highest BCUT2D eigenvalue weighted by molar-refractivity contribution is 5.67. The Kier molecular flexibility index (Phi) is 4.94. The van der Waals surface area contributed by atoms with E-state index in [0.29, 0.717) is 12.3 Å². The molecule has 0 radical (unpaired) electrons. The molecular weight excluding hydrogens is 248 g/mol. The van der Waals surface area contributed by atoms with Crippen LogP contribution in [0.4, 0.5) is 0 Å². The van der Waals surface area contributed by atoms with Crippen LogP contribution in [0.3, 0.4) is 0 Å². The molecule has 1 atom stereocenters. The number of hydrogen-bond acceptors (Lipinski definition) is 1. The second-order valence-electron chi connectivity index (χ2n) is 5.01. The maximum atomic E-state index is 10.6. The molecule has 104 valence electrons. The lowest BCUT2D eigenvalue weighted by molar-refractivity contribution is -0.136. The van der Waals surface area contributed by atoms with Crippen molar-refractivity contribution in [3.05, 3.63) is 71.3 Å². The Morgan fingerprint density at radius 3 is 2.15 bits per heavy atom. The zero-order chi connectivity index (χ0) is 14.4. The summed E-state index contributed by atoms with van der Waals surface area (Å²) in [5.41, 5.74) is 3.70. The third kappa shape index (κ3) is 3.70. The highest BCUT2D eigenvalue weighted by Crippen LogP contribution is 2.27. The van der Waals surface area contributed by atoms with Crippen LogP contribution in [0.25, 0.3) is 0 Å². The predicted octanol–water partition coefficient (Wildman–Crippen LogP) is 4.25. The van der Waals surface area contributed by atoms with Crippen molar-refractivity contribution < 1.29 is 9.90 Å². The third-order valence-corrected chi connectivity index (χ3v) is 3.62. The van der Waals surface area contributed by atoms with E-state index in [1.807, 2.05) is 18.2 Å². The molecule has 1 unspecified atom stereocenters. The molecule has 0 aliphatic carbocycles. The number of benzene rings is 2. The predicted molar refractivity (Wildman–Crippen MR) is 81.0 cm³/mol. The van der Waals surface area contributed by atoms with Gasteiger partial charge in [-0.25, -0.2) is 0 Å². The highest BCUT2D eigenvalue weighted by atomic mass is 16.4. The van der Waals surface area contributed by atoms with E-state index in [4.69, 9.17) is 5.11 Å². The molecule has 0 aromatic heterocycles. The van der Waals surface area contributed by atoms with Gasteiger partial charge in [0.1, 0.15) is 0 Å². The summed E-state index contributed by atoms with van der Waals surface area (Å²) in [6.45, 7) is 2.19. The monoisotopic (exact) mass is 268 g/mol. The fourth-order valence-electron chi connectivity index (χ4n) is 2.52. The Labute approximate surface area is 120 Å². The zero-order valence-electron chi connectivity index (χ0n) is 11.8. The van der Waals surface area contributed by atoms with Crippen molar-refractivity contribution >= 4 is 5.97 Å². The summed E-state index contributed by atoms with van der Waals surface area (Å²) in [6, 6.07) is 18.8. The van der Waals surface area contributed by atoms with Gasteiger partial charge in [0.15, 0.2) is 0 Å². The first-order chi connectivity index (χ1) is 9.70. The molecule has 1 N–H and O–H groups in total. The second-order valence-corrected chi connectivity index (χ2v) is 5.01. The molecule has 0 aliphatic rings. The summed E-state index contributed by atoms with van der Waals surface area (Å²) in [7, 11) is 0. The van der Waals surface area contributed by atoms with Gasteiger partial charge in [-0.15, -0.1) is 0 Å². The van der Waals surface area contributed by atoms with Crippen molar-refractivity contribution in [1.82, 2.24) is 0 Å². The van der Waals surface area contributed by atoms with Crippen LogP contribution in [0.15, 0.2) is 54.6 Å². The molecule has 2 aromatic rings. The van der Waals surface area contributed by atoms with Crippen molar-refractivity contribution in [2.75, 3.05) is 0 Å². The van der Waals surface area contributed by atoms with Crippen LogP contribution in [-0.4, -0.2) is 11.1 Å². The maximum absolute atomic E-state index is 10.6. The van der Waals surface area contributed by atoms with Crippen LogP contribution in [0.5, 0.6) is 0 Å². The summed E-state index contributed by atoms with van der Waals surface area (Å²) < 4.78 is 0. The van der Waals surface area contributed by atoms with Gasteiger partial charge in [0.05, 0.1) is 0 Å². The van der Waals surface area contributed by atoms with Crippen molar-refractivity contribution in [3.63, 3.8) is 0 Å². The van der Waals surface area contributed by atoms with Crippen LogP contribution in [-0.2, 0) is 11.2 Å². The number of rotatable bonds is 6. The summed E-state index contributed by atoms with van der Waals surface area (Å²) in [5, 5.41) is 8.70. The Morgan fingerprint density at radius 2 is 1.60 bits per heavy atom. The Hall–Kier alpha value is -2.09. The minimum atomic E-state index is -0.746. The van der Waals surface area contributed by atoms with Crippen LogP contribution < -0.4 is 0 Å². The van der Waals surface area contributed by atoms with Gasteiger partial charge in [-0.3, -0.25) is 4.79 Å². The first kappa shape index (κ1) is 14.3. The van der Waals surface area contributed by atoms with E-state index < -0.39 is 5.97 Å². The molecule has 0 amide bonds. The molecule has 0 saturated heterocycles. The Balaban J connectivity index is 2.13. The summed E-state index contributed by atoms with van der Waals surface area (Å²) in [4.78, 5) is 10.6. The van der Waals surface area contributed by atoms with E-state index in [-0.39, 0.29) is 6.42 Å². The highest BCUT2D eigenvalue weighted by Gasteiger charge is 2.11. The molecular formula is C18H20O2. The third-order valence-electron chi connectivity index (χ3n) is 3.62. The molecule has 2 aromatic carbocycles. The lowest BCUT2D eigenvalue weighted by Gasteiger charge is -2.16. The fourth-order valence-corrected chi connectivity index (χ4v) is 2.52. The standard InChI is InChI=1S/C18H20O2/c1-2-17(15-6-4-3-5-7-15)16-11-8-14(9-12-16)10-13-18(19)20/h3-9,11-12,17H,2,10,13H2,1H3,(H,19,20). The number of hydrogen-bond donors (Lipinski definition) is 1. The van der Waals surface area contributed by atoms with Crippen molar-refractivity contribution in [1.29, 1.82) is 0 Å². The molecule has 0 heterocycles. The summed E-state index contributed by atoms with van der Waals surface area (Å²) in [5.74, 6) is -0.338. The van der Waals surface area contributed by atoms with Gasteiger partial charge < -0.3 is 5.11 Å². The average Bonchev–Trinajstić information content (AvgIpc) is 2.48. The van der Waals surface area contributed by atoms with E-state index in [0.717, 1.165) is 12.0 Å². The van der Waals surface area contributed by atoms with Crippen LogP contribution in [0.1, 0.15) is 42.4 Å². The number of aryl methyl sites for hydroxylation is 1. The van der Waals surface area contributed by atoms with Crippen molar-refractivity contribution in [2.45, 2.75) is 32.1 Å². The van der Waals surface area contributed by atoms with Gasteiger partial charge in [0, 0.05) is 12.3 Å². The van der Waals surface area contributed by atoms with Gasteiger partial charge >= 0.3 is 5.97 Å². The van der Waals surface area contributed by atoms with E-state index in [9.17, 15) is 4.79 Å². The van der Waals surface area contributed by atoms with E-state index in [2.05, 4.69) is 43.3 Å². The number of carboxylic acids is 1. The summed E-state index contributed by atoms with van der Waals surface area (Å²) in [6.07, 6.45) is 1.84. The molecule has 0 fully saturated rings. The van der Waals surface area contributed by atoms with Gasteiger partial charge in [0.25, 0.3) is 0 Å². The summed E-state index contributed by atoms with van der Waals surface area (Å²) >= 11 is 0. The first-order valence-electron chi connectivity index (χ1n) is 7.06. The minimum absolute atomic E-state index is 0.190. The second kappa shape index (κ2) is 6.90. The topological polar surface area (TPSA) is 37.3 Å². The molecule has 0 saturated carbocycles. The Bertz CT molecular complexity index is 543. The van der Waals surface area contributed by atoms with Gasteiger partial charge in [-0.2, -0.15) is 0 Å². The van der Waals surface area contributed by atoms with Crippen molar-refractivity contribution in [3.8, 4) is 0 Å². The lowest BCUT2D eigenvalue weighted by Crippen LogP contribution is -2.01. The number of aliphatic carboxylic acids is 1. The smallest absolute Gasteiger partial charge is 0.303 e. The lowest BCUT2D eigenvalue weighted by atomic mass is 9.88. The minimum Gasteiger partial charge on any atom is -0.481 e. The molecule has 20 heavy (non-hydrogen) atoms. The largest absolute Gasteiger partial charge is 0.481 e. The maximum Gasteiger partial charge on any atom is 0.303 e. The first-order valence-corrected chi connectivity index (χ1v) is 7.06. The zero-order valence-corrected chi connectivity index (χ0v) is 11.8. The fraction of sp³-hybridized carbons (Fsp3) is 0.278. The number of carboxylic acid groups (broad SMARTS) is 1. The molecule has 2 rings (SSSR count). The van der Waals surface area contributed by atoms with Gasteiger partial charge in [-0.1, -0.05) is 61.5 Å². The van der Waals surface area contributed by atoms with Crippen LogP contribution in [0.2, 0.25) is 0 Å². The van der Waals surface area contributed by atoms with Crippen LogP contribution in [0, 0.1) is 0 Å². The van der Waals surface area contributed by atoms with Gasteiger partial charge in [0.2, 0.25) is 0 Å². The Morgan fingerprint density at radius 1 is 1.00 bits per heavy atom. The quantitative estimate of drug-likeness (QED) is 0.850. The van der Waals surface area contributed by atoms with Gasteiger partial charge in [-0.05, 0) is 29.5 Å². The normalized spacial score (nSPS) is 12.1. The van der Waals surface area contributed by atoms with E-state index in [1.54, 1.807) is 0 Å². The molecule has 0 bridgehead atoms. The van der Waals surface area contributed by atoms with Crippen LogP contribution >= 0.6 is 0 Å². The molecule has 0 aliphatic heterocycles.